The van der Waals surface area contributed by atoms with Gasteiger partial charge in [-0.15, -0.1) is 13.2 Å². The number of hydrogen-bond donors (Lipinski definition) is 2. The highest BCUT2D eigenvalue weighted by atomic mass is 32.2. The number of rotatable bonds is 7. The molecule has 0 amide bonds. The lowest BCUT2D eigenvalue weighted by atomic mass is 10.8. The van der Waals surface area contributed by atoms with Crippen LogP contribution in [0.25, 0.3) is 0 Å². The zero-order valence-corrected chi connectivity index (χ0v) is 9.15. The van der Waals surface area contributed by atoms with Crippen molar-refractivity contribution in [1.29, 1.82) is 0 Å². The number of aliphatic hydroxyl groups is 2. The standard InChI is InChI=1S/C6H10OS2.C2H6O2/c1-3-5-8-7-9-6-4-2;3-1-2-4/h3-4H,1-2,5-6H2;3-4H,1-2H2. The molecule has 0 bridgehead atoms. The fourth-order valence-corrected chi connectivity index (χ4v) is 1.09. The van der Waals surface area contributed by atoms with E-state index in [9.17, 15) is 0 Å². The highest BCUT2D eigenvalue weighted by molar-refractivity contribution is 8.08. The van der Waals surface area contributed by atoms with Crippen molar-refractivity contribution in [3.8, 4) is 0 Å². The Kier molecular flexibility index (Phi) is 21.5. The van der Waals surface area contributed by atoms with Gasteiger partial charge in [-0.1, -0.05) is 12.2 Å². The second-order valence-corrected chi connectivity index (χ2v) is 3.34. The fourth-order valence-electron chi connectivity index (χ4n) is 0.186. The monoisotopic (exact) mass is 224 g/mol. The lowest BCUT2D eigenvalue weighted by molar-refractivity contribution is 0.186. The van der Waals surface area contributed by atoms with E-state index in [0.717, 1.165) is 11.5 Å². The summed E-state index contributed by atoms with van der Waals surface area (Å²) in [5.41, 5.74) is 0. The summed E-state index contributed by atoms with van der Waals surface area (Å²) in [5, 5.41) is 15.2. The minimum Gasteiger partial charge on any atom is -0.394 e. The Labute approximate surface area is 88.3 Å². The van der Waals surface area contributed by atoms with Crippen molar-refractivity contribution in [2.24, 2.45) is 0 Å². The van der Waals surface area contributed by atoms with Gasteiger partial charge in [0.15, 0.2) is 0 Å². The van der Waals surface area contributed by atoms with Crippen molar-refractivity contribution in [1.82, 2.24) is 0 Å². The molecule has 0 saturated heterocycles. The van der Waals surface area contributed by atoms with Crippen LogP contribution >= 0.6 is 24.1 Å². The molecule has 0 aromatic carbocycles. The van der Waals surface area contributed by atoms with Crippen LogP contribution in [-0.4, -0.2) is 34.9 Å². The molecule has 0 radical (unpaired) electrons. The molecule has 0 aliphatic rings. The van der Waals surface area contributed by atoms with Gasteiger partial charge in [-0.05, 0) is 0 Å². The SMILES string of the molecule is C=CCSOSCC=C.OCCO. The van der Waals surface area contributed by atoms with Gasteiger partial charge in [0.1, 0.15) is 0 Å². The minimum absolute atomic E-state index is 0.125. The average molecular weight is 224 g/mol. The van der Waals surface area contributed by atoms with Crippen molar-refractivity contribution >= 4 is 24.1 Å². The summed E-state index contributed by atoms with van der Waals surface area (Å²) < 4.78 is 5.01. The fraction of sp³-hybridized carbons (Fsp3) is 0.500. The predicted molar refractivity (Wildman–Crippen MR) is 60.6 cm³/mol. The predicted octanol–water partition coefficient (Wildman–Crippen LogP) is 1.64. The van der Waals surface area contributed by atoms with E-state index in [1.165, 1.54) is 24.1 Å². The van der Waals surface area contributed by atoms with E-state index in [4.69, 9.17) is 13.8 Å². The van der Waals surface area contributed by atoms with Gasteiger partial charge in [-0.2, -0.15) is 0 Å². The summed E-state index contributed by atoms with van der Waals surface area (Å²) in [5.74, 6) is 1.67. The van der Waals surface area contributed by atoms with Gasteiger partial charge < -0.3 is 10.2 Å². The van der Waals surface area contributed by atoms with Crippen molar-refractivity contribution < 1.29 is 13.8 Å². The van der Waals surface area contributed by atoms with E-state index in [1.807, 2.05) is 0 Å². The van der Waals surface area contributed by atoms with Gasteiger partial charge in [-0.25, -0.2) is 3.63 Å². The molecule has 0 heterocycles. The second kappa shape index (κ2) is 18.0. The van der Waals surface area contributed by atoms with Crippen LogP contribution in [0, 0.1) is 0 Å². The van der Waals surface area contributed by atoms with Gasteiger partial charge in [-0.3, -0.25) is 0 Å². The van der Waals surface area contributed by atoms with Crippen LogP contribution in [0.5, 0.6) is 0 Å². The number of aliphatic hydroxyl groups excluding tert-OH is 2. The molecule has 0 fully saturated rings. The minimum atomic E-state index is -0.125. The quantitative estimate of drug-likeness (QED) is 0.391. The summed E-state index contributed by atoms with van der Waals surface area (Å²) in [7, 11) is 0. The highest BCUT2D eigenvalue weighted by Crippen LogP contribution is 2.13. The third-order valence-corrected chi connectivity index (χ3v) is 2.08. The van der Waals surface area contributed by atoms with Crippen molar-refractivity contribution in [3.05, 3.63) is 25.3 Å². The maximum absolute atomic E-state index is 7.62. The molecule has 3 nitrogen and oxygen atoms in total. The Hall–Kier alpha value is 0.0600. The third kappa shape index (κ3) is 24.5. The van der Waals surface area contributed by atoms with Crippen LogP contribution in [0.2, 0.25) is 0 Å². The topological polar surface area (TPSA) is 49.7 Å². The van der Waals surface area contributed by atoms with E-state index in [0.29, 0.717) is 0 Å². The smallest absolute Gasteiger partial charge is 0.0662 e. The molecule has 0 unspecified atom stereocenters. The molecule has 2 N–H and O–H groups in total. The molecule has 0 aromatic heterocycles. The molecule has 0 aliphatic heterocycles. The molecule has 0 aliphatic carbocycles. The first kappa shape index (κ1) is 15.5. The Morgan fingerprint density at radius 1 is 1.00 bits per heavy atom. The maximum atomic E-state index is 7.62. The Morgan fingerprint density at radius 2 is 1.38 bits per heavy atom. The van der Waals surface area contributed by atoms with E-state index in [-0.39, 0.29) is 13.2 Å². The molecule has 5 heteroatoms. The molecule has 0 atom stereocenters. The van der Waals surface area contributed by atoms with Gasteiger partial charge in [0.2, 0.25) is 0 Å². The summed E-state index contributed by atoms with van der Waals surface area (Å²) in [6, 6.07) is 0. The second-order valence-electron chi connectivity index (χ2n) is 1.66. The molecule has 0 spiro atoms. The molecule has 0 aromatic rings. The largest absolute Gasteiger partial charge is 0.394 e. The van der Waals surface area contributed by atoms with Crippen molar-refractivity contribution in [3.63, 3.8) is 0 Å². The van der Waals surface area contributed by atoms with E-state index < -0.39 is 0 Å². The van der Waals surface area contributed by atoms with Crippen LogP contribution in [0.3, 0.4) is 0 Å². The normalized spacial score (nSPS) is 8.46. The van der Waals surface area contributed by atoms with Crippen molar-refractivity contribution in [2.45, 2.75) is 0 Å². The van der Waals surface area contributed by atoms with Crippen LogP contribution in [0.4, 0.5) is 0 Å². The van der Waals surface area contributed by atoms with Gasteiger partial charge in [0, 0.05) is 35.6 Å². The summed E-state index contributed by atoms with van der Waals surface area (Å²) in [4.78, 5) is 0. The van der Waals surface area contributed by atoms with Crippen molar-refractivity contribution in [2.75, 3.05) is 24.7 Å². The van der Waals surface area contributed by atoms with Gasteiger partial charge in [0.25, 0.3) is 0 Å². The Morgan fingerprint density at radius 3 is 1.62 bits per heavy atom. The Balaban J connectivity index is 0. The first-order chi connectivity index (χ1) is 6.33. The van der Waals surface area contributed by atoms with Gasteiger partial charge in [0.05, 0.1) is 13.2 Å². The molecule has 13 heavy (non-hydrogen) atoms. The molecule has 0 saturated carbocycles. The van der Waals surface area contributed by atoms with Crippen LogP contribution in [0.1, 0.15) is 0 Å². The zero-order chi connectivity index (χ0) is 10.4. The molecular weight excluding hydrogens is 208 g/mol. The maximum Gasteiger partial charge on any atom is 0.0662 e. The number of hydrogen-bond acceptors (Lipinski definition) is 5. The average Bonchev–Trinajstić information content (AvgIpc) is 2.18. The van der Waals surface area contributed by atoms with Crippen LogP contribution in [-0.2, 0) is 3.63 Å². The molecular formula is C8H16O3S2. The molecule has 78 valence electrons. The molecule has 0 rings (SSSR count). The van der Waals surface area contributed by atoms with Crippen LogP contribution < -0.4 is 0 Å². The third-order valence-electron chi connectivity index (χ3n) is 0.568. The summed E-state index contributed by atoms with van der Waals surface area (Å²) in [6.07, 6.45) is 3.61. The van der Waals surface area contributed by atoms with E-state index in [1.54, 1.807) is 12.2 Å². The first-order valence-electron chi connectivity index (χ1n) is 3.68. The Bertz CT molecular complexity index is 97.6. The van der Waals surface area contributed by atoms with E-state index >= 15 is 0 Å². The summed E-state index contributed by atoms with van der Waals surface area (Å²) in [6.45, 7) is 6.85. The van der Waals surface area contributed by atoms with Gasteiger partial charge >= 0.3 is 0 Å². The van der Waals surface area contributed by atoms with Crippen LogP contribution in [0.15, 0.2) is 25.3 Å². The highest BCUT2D eigenvalue weighted by Gasteiger charge is 1.83. The first-order valence-corrected chi connectivity index (χ1v) is 5.50. The zero-order valence-electron chi connectivity index (χ0n) is 7.52. The lowest BCUT2D eigenvalue weighted by Crippen LogP contribution is -1.85. The lowest BCUT2D eigenvalue weighted by Gasteiger charge is -1.93. The van der Waals surface area contributed by atoms with E-state index in [2.05, 4.69) is 13.2 Å². The summed E-state index contributed by atoms with van der Waals surface area (Å²) >= 11 is 2.78.